The predicted molar refractivity (Wildman–Crippen MR) is 89.7 cm³/mol. The third-order valence-corrected chi connectivity index (χ3v) is 3.51. The van der Waals surface area contributed by atoms with Gasteiger partial charge in [0.25, 0.3) is 0 Å². The number of carbonyl (C=O) groups excluding carboxylic acids is 2. The molecule has 2 amide bonds. The summed E-state index contributed by atoms with van der Waals surface area (Å²) in [5.41, 5.74) is -0.337. The fraction of sp³-hybridized carbons (Fsp3) is 0.438. The molecule has 0 bridgehead atoms. The summed E-state index contributed by atoms with van der Waals surface area (Å²) < 4.78 is 0. The van der Waals surface area contributed by atoms with E-state index in [0.717, 1.165) is 6.42 Å². The summed E-state index contributed by atoms with van der Waals surface area (Å²) in [6.07, 6.45) is 0.940. The van der Waals surface area contributed by atoms with Gasteiger partial charge in [0, 0.05) is 18.5 Å². The Bertz CT molecular complexity index is 614. The molecular weight excluding hydrogens is 320 g/mol. The van der Waals surface area contributed by atoms with E-state index in [4.69, 9.17) is 16.7 Å². The van der Waals surface area contributed by atoms with Gasteiger partial charge in [-0.2, -0.15) is 0 Å². The monoisotopic (exact) mass is 340 g/mol. The lowest BCUT2D eigenvalue weighted by molar-refractivity contribution is -0.149. The van der Waals surface area contributed by atoms with Crippen molar-refractivity contribution in [3.8, 4) is 0 Å². The van der Waals surface area contributed by atoms with E-state index >= 15 is 0 Å². The molecular formula is C16H21ClN2O4. The van der Waals surface area contributed by atoms with Crippen molar-refractivity contribution < 1.29 is 19.5 Å². The van der Waals surface area contributed by atoms with Gasteiger partial charge in [0.05, 0.1) is 16.1 Å². The summed E-state index contributed by atoms with van der Waals surface area (Å²) in [6.45, 7) is 4.84. The van der Waals surface area contributed by atoms with Gasteiger partial charge >= 0.3 is 5.97 Å². The van der Waals surface area contributed by atoms with Gasteiger partial charge in [-0.1, -0.05) is 18.5 Å². The van der Waals surface area contributed by atoms with E-state index < -0.39 is 17.3 Å². The molecule has 1 aromatic carbocycles. The molecule has 1 rings (SSSR count). The number of halogens is 1. The number of hydrogen-bond donors (Lipinski definition) is 3. The van der Waals surface area contributed by atoms with Gasteiger partial charge in [0.2, 0.25) is 11.8 Å². The molecule has 23 heavy (non-hydrogen) atoms. The minimum atomic E-state index is -1.18. The van der Waals surface area contributed by atoms with E-state index in [1.165, 1.54) is 13.8 Å². The Morgan fingerprint density at radius 2 is 1.83 bits per heavy atom. The summed E-state index contributed by atoms with van der Waals surface area (Å²) in [5.74, 6) is -1.64. The van der Waals surface area contributed by atoms with Crippen molar-refractivity contribution in [2.45, 2.75) is 40.0 Å². The van der Waals surface area contributed by atoms with Crippen LogP contribution in [0.2, 0.25) is 5.02 Å². The van der Waals surface area contributed by atoms with Crippen LogP contribution in [0, 0.1) is 5.41 Å². The Morgan fingerprint density at radius 1 is 1.17 bits per heavy atom. The molecule has 0 atom stereocenters. The molecule has 0 unspecified atom stereocenters. The highest BCUT2D eigenvalue weighted by atomic mass is 35.5. The quantitative estimate of drug-likeness (QED) is 0.707. The van der Waals surface area contributed by atoms with Crippen molar-refractivity contribution in [2.75, 3.05) is 10.6 Å². The molecule has 0 fully saturated rings. The lowest BCUT2D eigenvalue weighted by Crippen LogP contribution is -2.29. The van der Waals surface area contributed by atoms with Gasteiger partial charge in [-0.3, -0.25) is 14.4 Å². The number of rotatable bonds is 7. The van der Waals surface area contributed by atoms with E-state index in [-0.39, 0.29) is 12.3 Å². The second-order valence-corrected chi connectivity index (χ2v) is 6.31. The summed E-state index contributed by atoms with van der Waals surface area (Å²) >= 11 is 6.03. The van der Waals surface area contributed by atoms with Crippen molar-refractivity contribution >= 4 is 40.8 Å². The summed E-state index contributed by atoms with van der Waals surface area (Å²) in [5, 5.41) is 14.6. The molecule has 1 aromatic rings. The minimum absolute atomic E-state index is 0.126. The van der Waals surface area contributed by atoms with Crippen LogP contribution in [0.15, 0.2) is 18.2 Å². The van der Waals surface area contributed by atoms with Crippen LogP contribution in [0.3, 0.4) is 0 Å². The largest absolute Gasteiger partial charge is 0.481 e. The number of amides is 2. The van der Waals surface area contributed by atoms with Crippen LogP contribution in [0.1, 0.15) is 40.0 Å². The molecule has 0 aliphatic carbocycles. The van der Waals surface area contributed by atoms with E-state index in [0.29, 0.717) is 22.8 Å². The van der Waals surface area contributed by atoms with Crippen molar-refractivity contribution in [2.24, 2.45) is 5.41 Å². The van der Waals surface area contributed by atoms with Crippen LogP contribution in [-0.2, 0) is 14.4 Å². The number of anilines is 2. The Balaban J connectivity index is 2.81. The lowest BCUT2D eigenvalue weighted by Gasteiger charge is -2.18. The topological polar surface area (TPSA) is 95.5 Å². The Kier molecular flexibility index (Phi) is 6.57. The smallest absolute Gasteiger partial charge is 0.309 e. The van der Waals surface area contributed by atoms with Gasteiger partial charge in [0.1, 0.15) is 0 Å². The van der Waals surface area contributed by atoms with E-state index in [1.54, 1.807) is 18.2 Å². The van der Waals surface area contributed by atoms with E-state index in [2.05, 4.69) is 10.6 Å². The standard InChI is InChI=1S/C16H21ClN2O4/c1-4-5-13(20)18-10-6-7-11(17)12(8-10)19-14(21)9-16(2,3)15(22)23/h6-8H,4-5,9H2,1-3H3,(H,18,20)(H,19,21)(H,22,23). The number of carboxylic acids is 1. The minimum Gasteiger partial charge on any atom is -0.481 e. The zero-order chi connectivity index (χ0) is 17.6. The molecule has 7 heteroatoms. The summed E-state index contributed by atoms with van der Waals surface area (Å²) in [4.78, 5) is 34.7. The zero-order valence-corrected chi connectivity index (χ0v) is 14.2. The molecule has 0 aliphatic heterocycles. The second kappa shape index (κ2) is 7.97. The first-order valence-electron chi connectivity index (χ1n) is 7.28. The van der Waals surface area contributed by atoms with Crippen LogP contribution in [-0.4, -0.2) is 22.9 Å². The van der Waals surface area contributed by atoms with E-state index in [9.17, 15) is 14.4 Å². The number of carboxylic acid groups (broad SMARTS) is 1. The molecule has 3 N–H and O–H groups in total. The molecule has 0 radical (unpaired) electrons. The number of hydrogen-bond acceptors (Lipinski definition) is 3. The highest BCUT2D eigenvalue weighted by Crippen LogP contribution is 2.27. The Labute approximate surface area is 140 Å². The number of benzene rings is 1. The maximum Gasteiger partial charge on any atom is 0.309 e. The average Bonchev–Trinajstić information content (AvgIpc) is 2.42. The maximum absolute atomic E-state index is 12.0. The van der Waals surface area contributed by atoms with Gasteiger partial charge in [-0.05, 0) is 38.5 Å². The normalized spacial score (nSPS) is 11.0. The average molecular weight is 341 g/mol. The first-order chi connectivity index (χ1) is 10.7. The third-order valence-electron chi connectivity index (χ3n) is 3.18. The van der Waals surface area contributed by atoms with Crippen molar-refractivity contribution in [3.05, 3.63) is 23.2 Å². The fourth-order valence-corrected chi connectivity index (χ4v) is 1.99. The van der Waals surface area contributed by atoms with Gasteiger partial charge in [-0.25, -0.2) is 0 Å². The third kappa shape index (κ3) is 5.90. The highest BCUT2D eigenvalue weighted by molar-refractivity contribution is 6.33. The van der Waals surface area contributed by atoms with Gasteiger partial charge in [0.15, 0.2) is 0 Å². The van der Waals surface area contributed by atoms with Crippen LogP contribution in [0.4, 0.5) is 11.4 Å². The molecule has 0 saturated carbocycles. The SMILES string of the molecule is CCCC(=O)Nc1ccc(Cl)c(NC(=O)CC(C)(C)C(=O)O)c1. The lowest BCUT2D eigenvalue weighted by atomic mass is 9.89. The van der Waals surface area contributed by atoms with Crippen molar-refractivity contribution in [1.29, 1.82) is 0 Å². The predicted octanol–water partition coefficient (Wildman–Crippen LogP) is 3.52. The molecule has 0 saturated heterocycles. The van der Waals surface area contributed by atoms with Crippen LogP contribution >= 0.6 is 11.6 Å². The van der Waals surface area contributed by atoms with Crippen LogP contribution in [0.25, 0.3) is 0 Å². The Hall–Kier alpha value is -2.08. The van der Waals surface area contributed by atoms with Gasteiger partial charge in [-0.15, -0.1) is 0 Å². The molecule has 0 aromatic heterocycles. The number of carbonyl (C=O) groups is 3. The van der Waals surface area contributed by atoms with Crippen molar-refractivity contribution in [1.82, 2.24) is 0 Å². The number of aliphatic carboxylic acids is 1. The van der Waals surface area contributed by atoms with E-state index in [1.807, 2.05) is 6.92 Å². The molecule has 6 nitrogen and oxygen atoms in total. The summed E-state index contributed by atoms with van der Waals surface area (Å²) in [7, 11) is 0. The Morgan fingerprint density at radius 3 is 2.39 bits per heavy atom. The molecule has 0 spiro atoms. The molecule has 126 valence electrons. The first-order valence-corrected chi connectivity index (χ1v) is 7.66. The zero-order valence-electron chi connectivity index (χ0n) is 13.4. The van der Waals surface area contributed by atoms with Gasteiger partial charge < -0.3 is 15.7 Å². The summed E-state index contributed by atoms with van der Waals surface area (Å²) in [6, 6.07) is 4.73. The van der Waals surface area contributed by atoms with Crippen LogP contribution in [0.5, 0.6) is 0 Å². The maximum atomic E-state index is 12.0. The van der Waals surface area contributed by atoms with Crippen molar-refractivity contribution in [3.63, 3.8) is 0 Å². The highest BCUT2D eigenvalue weighted by Gasteiger charge is 2.30. The van der Waals surface area contributed by atoms with Crippen LogP contribution < -0.4 is 10.6 Å². The number of nitrogens with one attached hydrogen (secondary N) is 2. The molecule has 0 aliphatic rings. The molecule has 0 heterocycles. The second-order valence-electron chi connectivity index (χ2n) is 5.91. The fourth-order valence-electron chi connectivity index (χ4n) is 1.82. The first kappa shape index (κ1) is 19.0.